The summed E-state index contributed by atoms with van der Waals surface area (Å²) in [4.78, 5) is 17.2. The number of aromatic nitrogens is 1. The summed E-state index contributed by atoms with van der Waals surface area (Å²) in [7, 11) is 0. The number of hydrogen-bond donors (Lipinski definition) is 2. The van der Waals surface area contributed by atoms with Gasteiger partial charge in [-0.05, 0) is 24.1 Å². The monoisotopic (exact) mass is 236 g/mol. The Labute approximate surface area is 99.7 Å². The Morgan fingerprint density at radius 3 is 2.47 bits per heavy atom. The van der Waals surface area contributed by atoms with Gasteiger partial charge < -0.3 is 15.1 Å². The molecule has 0 spiro atoms. The van der Waals surface area contributed by atoms with Crippen molar-refractivity contribution in [2.75, 3.05) is 13.1 Å². The van der Waals surface area contributed by atoms with Gasteiger partial charge in [0.05, 0.1) is 12.2 Å². The molecular formula is C12H16N2O3. The van der Waals surface area contributed by atoms with Crippen LogP contribution < -0.4 is 0 Å². The van der Waals surface area contributed by atoms with Gasteiger partial charge in [0.2, 0.25) is 5.91 Å². The van der Waals surface area contributed by atoms with Crippen LogP contribution in [0.4, 0.5) is 0 Å². The third-order valence-electron chi connectivity index (χ3n) is 2.99. The largest absolute Gasteiger partial charge is 0.388 e. The molecule has 17 heavy (non-hydrogen) atoms. The maximum atomic E-state index is 11.8. The average Bonchev–Trinajstić information content (AvgIpc) is 2.68. The number of aryl methyl sites for hydroxylation is 1. The lowest BCUT2D eigenvalue weighted by atomic mass is 10.1. The first kappa shape index (κ1) is 12.0. The minimum absolute atomic E-state index is 0.0302. The molecule has 0 bridgehead atoms. The number of hydrogen-bond acceptors (Lipinski definition) is 4. The Morgan fingerprint density at radius 1 is 1.29 bits per heavy atom. The molecule has 2 atom stereocenters. The lowest BCUT2D eigenvalue weighted by Crippen LogP contribution is -2.29. The minimum Gasteiger partial charge on any atom is -0.388 e. The maximum Gasteiger partial charge on any atom is 0.223 e. The lowest BCUT2D eigenvalue weighted by Gasteiger charge is -2.15. The van der Waals surface area contributed by atoms with Crippen LogP contribution >= 0.6 is 0 Å². The molecule has 0 unspecified atom stereocenters. The van der Waals surface area contributed by atoms with Crippen molar-refractivity contribution in [2.24, 2.45) is 0 Å². The molecule has 1 saturated heterocycles. The SMILES string of the molecule is O=C(CCc1ccncc1)N1C[C@H](O)[C@@H](O)C1. The first-order valence-electron chi connectivity index (χ1n) is 5.69. The molecular weight excluding hydrogens is 220 g/mol. The quantitative estimate of drug-likeness (QED) is 0.747. The smallest absolute Gasteiger partial charge is 0.223 e. The number of aliphatic hydroxyl groups is 2. The van der Waals surface area contributed by atoms with Crippen LogP contribution in [0.5, 0.6) is 0 Å². The molecule has 2 heterocycles. The van der Waals surface area contributed by atoms with Gasteiger partial charge >= 0.3 is 0 Å². The number of pyridine rings is 1. The van der Waals surface area contributed by atoms with Gasteiger partial charge in [0.1, 0.15) is 0 Å². The number of rotatable bonds is 3. The zero-order valence-corrected chi connectivity index (χ0v) is 9.49. The van der Waals surface area contributed by atoms with Gasteiger partial charge in [0.25, 0.3) is 0 Å². The van der Waals surface area contributed by atoms with Crippen LogP contribution in [0.2, 0.25) is 0 Å². The van der Waals surface area contributed by atoms with Crippen molar-refractivity contribution < 1.29 is 15.0 Å². The van der Waals surface area contributed by atoms with E-state index in [-0.39, 0.29) is 19.0 Å². The van der Waals surface area contributed by atoms with Gasteiger partial charge in [-0.2, -0.15) is 0 Å². The van der Waals surface area contributed by atoms with E-state index < -0.39 is 12.2 Å². The standard InChI is InChI=1S/C12H16N2O3/c15-10-7-14(8-11(10)16)12(17)2-1-9-3-5-13-6-4-9/h3-6,10-11,15-16H,1-2,7-8H2/t10-,11-/m0/s1. The van der Waals surface area contributed by atoms with E-state index in [2.05, 4.69) is 4.98 Å². The summed E-state index contributed by atoms with van der Waals surface area (Å²) in [6.45, 7) is 0.465. The predicted octanol–water partition coefficient (Wildman–Crippen LogP) is -0.422. The van der Waals surface area contributed by atoms with Crippen molar-refractivity contribution in [3.8, 4) is 0 Å². The molecule has 1 aliphatic heterocycles. The third kappa shape index (κ3) is 3.01. The normalized spacial score (nSPS) is 24.0. The van der Waals surface area contributed by atoms with E-state index in [9.17, 15) is 15.0 Å². The molecule has 1 aromatic rings. The van der Waals surface area contributed by atoms with Crippen molar-refractivity contribution in [3.05, 3.63) is 30.1 Å². The average molecular weight is 236 g/mol. The Bertz CT molecular complexity index is 373. The summed E-state index contributed by atoms with van der Waals surface area (Å²) in [6, 6.07) is 3.75. The van der Waals surface area contributed by atoms with Gasteiger partial charge in [0.15, 0.2) is 0 Å². The molecule has 1 aromatic heterocycles. The first-order valence-corrected chi connectivity index (χ1v) is 5.69. The molecule has 2 N–H and O–H groups in total. The molecule has 5 heteroatoms. The van der Waals surface area contributed by atoms with Crippen LogP contribution in [-0.4, -0.2) is 51.3 Å². The Balaban J connectivity index is 1.82. The van der Waals surface area contributed by atoms with E-state index in [0.29, 0.717) is 12.8 Å². The van der Waals surface area contributed by atoms with Crippen LogP contribution in [0.25, 0.3) is 0 Å². The number of likely N-dealkylation sites (tertiary alicyclic amines) is 1. The molecule has 1 amide bonds. The molecule has 1 aliphatic rings. The van der Waals surface area contributed by atoms with Crippen LogP contribution in [0, 0.1) is 0 Å². The molecule has 0 aromatic carbocycles. The van der Waals surface area contributed by atoms with Gasteiger partial charge in [-0.3, -0.25) is 9.78 Å². The highest BCUT2D eigenvalue weighted by Crippen LogP contribution is 2.12. The summed E-state index contributed by atoms with van der Waals surface area (Å²) >= 11 is 0. The summed E-state index contributed by atoms with van der Waals surface area (Å²) in [6.07, 6.45) is 2.83. The molecule has 0 aliphatic carbocycles. The van der Waals surface area contributed by atoms with Crippen molar-refractivity contribution in [1.82, 2.24) is 9.88 Å². The number of carbonyl (C=O) groups is 1. The fourth-order valence-electron chi connectivity index (χ4n) is 1.93. The number of nitrogens with zero attached hydrogens (tertiary/aromatic N) is 2. The second-order valence-electron chi connectivity index (χ2n) is 4.29. The second kappa shape index (κ2) is 5.25. The zero-order valence-electron chi connectivity index (χ0n) is 9.49. The highest BCUT2D eigenvalue weighted by Gasteiger charge is 2.31. The van der Waals surface area contributed by atoms with E-state index in [0.717, 1.165) is 5.56 Å². The highest BCUT2D eigenvalue weighted by molar-refractivity contribution is 5.76. The van der Waals surface area contributed by atoms with Gasteiger partial charge in [-0.1, -0.05) is 0 Å². The van der Waals surface area contributed by atoms with Crippen molar-refractivity contribution in [3.63, 3.8) is 0 Å². The number of β-amino-alcohol motifs (C(OH)–C–C–N with tert-alkyl or cyclic N) is 2. The summed E-state index contributed by atoms with van der Waals surface area (Å²) in [5, 5.41) is 18.7. The molecule has 5 nitrogen and oxygen atoms in total. The molecule has 0 radical (unpaired) electrons. The third-order valence-corrected chi connectivity index (χ3v) is 2.99. The van der Waals surface area contributed by atoms with Crippen molar-refractivity contribution in [2.45, 2.75) is 25.0 Å². The first-order chi connectivity index (χ1) is 8.16. The van der Waals surface area contributed by atoms with Gasteiger partial charge in [-0.25, -0.2) is 0 Å². The predicted molar refractivity (Wildman–Crippen MR) is 61.2 cm³/mol. The van der Waals surface area contributed by atoms with Crippen LogP contribution in [0.3, 0.4) is 0 Å². The number of amides is 1. The maximum absolute atomic E-state index is 11.8. The summed E-state index contributed by atoms with van der Waals surface area (Å²) in [5.41, 5.74) is 1.06. The van der Waals surface area contributed by atoms with Crippen molar-refractivity contribution >= 4 is 5.91 Å². The van der Waals surface area contributed by atoms with Crippen LogP contribution in [0.1, 0.15) is 12.0 Å². The van der Waals surface area contributed by atoms with Crippen molar-refractivity contribution in [1.29, 1.82) is 0 Å². The molecule has 2 rings (SSSR count). The van der Waals surface area contributed by atoms with E-state index in [4.69, 9.17) is 0 Å². The highest BCUT2D eigenvalue weighted by atomic mass is 16.3. The second-order valence-corrected chi connectivity index (χ2v) is 4.29. The summed E-state index contributed by atoms with van der Waals surface area (Å²) in [5.74, 6) is -0.0302. The van der Waals surface area contributed by atoms with Gasteiger partial charge in [-0.15, -0.1) is 0 Å². The molecule has 1 fully saturated rings. The lowest BCUT2D eigenvalue weighted by molar-refractivity contribution is -0.130. The Kier molecular flexibility index (Phi) is 3.71. The topological polar surface area (TPSA) is 73.7 Å². The van der Waals surface area contributed by atoms with E-state index in [1.807, 2.05) is 12.1 Å². The molecule has 0 saturated carbocycles. The van der Waals surface area contributed by atoms with Crippen LogP contribution in [0.15, 0.2) is 24.5 Å². The minimum atomic E-state index is -0.806. The van der Waals surface area contributed by atoms with Gasteiger partial charge in [0, 0.05) is 31.9 Å². The zero-order chi connectivity index (χ0) is 12.3. The van der Waals surface area contributed by atoms with E-state index in [1.54, 1.807) is 12.4 Å². The van der Waals surface area contributed by atoms with E-state index in [1.165, 1.54) is 4.90 Å². The Morgan fingerprint density at radius 2 is 1.88 bits per heavy atom. The van der Waals surface area contributed by atoms with Crippen LogP contribution in [-0.2, 0) is 11.2 Å². The Hall–Kier alpha value is -1.46. The number of aliphatic hydroxyl groups excluding tert-OH is 2. The fourth-order valence-corrected chi connectivity index (χ4v) is 1.93. The summed E-state index contributed by atoms with van der Waals surface area (Å²) < 4.78 is 0. The van der Waals surface area contributed by atoms with E-state index >= 15 is 0 Å². The number of carbonyl (C=O) groups excluding carboxylic acids is 1. The molecule has 92 valence electrons. The fraction of sp³-hybridized carbons (Fsp3) is 0.500.